The van der Waals surface area contributed by atoms with E-state index in [9.17, 15) is 4.57 Å². The molecule has 0 fully saturated rings. The molecule has 0 aromatic heterocycles. The zero-order valence-electron chi connectivity index (χ0n) is 19.3. The summed E-state index contributed by atoms with van der Waals surface area (Å²) in [4.78, 5) is 0. The van der Waals surface area contributed by atoms with Crippen molar-refractivity contribution in [2.45, 2.75) is 0 Å². The Labute approximate surface area is 208 Å². The van der Waals surface area contributed by atoms with Crippen molar-refractivity contribution in [3.05, 3.63) is 127 Å². The quantitative estimate of drug-likeness (QED) is 0.192. The van der Waals surface area contributed by atoms with Crippen LogP contribution in [0.4, 0.5) is 0 Å². The molecule has 1 aliphatic heterocycles. The molecule has 1 aliphatic rings. The van der Waals surface area contributed by atoms with Gasteiger partial charge in [0.05, 0.1) is 0 Å². The van der Waals surface area contributed by atoms with Crippen LogP contribution in [0.1, 0.15) is 0 Å². The number of hydrogen-bond donors (Lipinski definition) is 0. The second kappa shape index (κ2) is 8.12. The first-order chi connectivity index (χ1) is 17.7. The number of ether oxygens (including phenoxy) is 2. The van der Waals surface area contributed by atoms with Crippen molar-refractivity contribution in [1.82, 2.24) is 0 Å². The van der Waals surface area contributed by atoms with Crippen molar-refractivity contribution < 1.29 is 14.0 Å². The molecule has 0 unspecified atom stereocenters. The summed E-state index contributed by atoms with van der Waals surface area (Å²) in [5.41, 5.74) is 0. The van der Waals surface area contributed by atoms with Crippen LogP contribution in [0.5, 0.6) is 23.0 Å². The monoisotopic (exact) mass is 484 g/mol. The molecule has 0 amide bonds. The Morgan fingerprint density at radius 2 is 0.861 bits per heavy atom. The normalized spacial score (nSPS) is 12.4. The molecule has 0 bridgehead atoms. The van der Waals surface area contributed by atoms with Crippen LogP contribution < -0.4 is 25.4 Å². The summed E-state index contributed by atoms with van der Waals surface area (Å²) in [6.45, 7) is 0. The van der Waals surface area contributed by atoms with E-state index in [2.05, 4.69) is 24.3 Å². The molecule has 0 N–H and O–H groups in total. The summed E-state index contributed by atoms with van der Waals surface area (Å²) in [7, 11) is -3.13. The molecule has 172 valence electrons. The van der Waals surface area contributed by atoms with E-state index in [0.717, 1.165) is 32.2 Å². The zero-order chi connectivity index (χ0) is 24.1. The summed E-state index contributed by atoms with van der Waals surface area (Å²) >= 11 is 0. The molecule has 6 aromatic carbocycles. The van der Waals surface area contributed by atoms with Gasteiger partial charge in [-0.05, 0) is 29.0 Å². The first kappa shape index (κ1) is 21.0. The number of hydrogen-bond acceptors (Lipinski definition) is 3. The van der Waals surface area contributed by atoms with Gasteiger partial charge in [-0.25, -0.2) is 0 Å². The number of rotatable bonds is 3. The highest BCUT2D eigenvalue weighted by atomic mass is 31.2. The number of benzene rings is 6. The standard InChI is InChI=1S/C32H21O3P/c33-36(22-11-3-1-4-12-22,23-13-5-2-6-14-23)24-19-20-29-30(21-24)35-32-28-18-10-8-16-26(28)25-15-7-9-17-27(25)31(32)34-29/h1-21H. The van der Waals surface area contributed by atoms with Gasteiger partial charge in [-0.15, -0.1) is 0 Å². The topological polar surface area (TPSA) is 35.5 Å². The van der Waals surface area contributed by atoms with E-state index in [1.54, 1.807) is 0 Å². The third-order valence-corrected chi connectivity index (χ3v) is 9.85. The lowest BCUT2D eigenvalue weighted by molar-refractivity contribution is 0.367. The van der Waals surface area contributed by atoms with Crippen LogP contribution in [0.15, 0.2) is 127 Å². The second-order valence-electron chi connectivity index (χ2n) is 8.86. The van der Waals surface area contributed by atoms with Crippen LogP contribution in [0.2, 0.25) is 0 Å². The van der Waals surface area contributed by atoms with Crippen molar-refractivity contribution in [3.63, 3.8) is 0 Å². The molecule has 1 heterocycles. The van der Waals surface area contributed by atoms with E-state index in [0.29, 0.717) is 28.3 Å². The van der Waals surface area contributed by atoms with E-state index >= 15 is 0 Å². The molecule has 0 aliphatic carbocycles. The molecular formula is C32H21O3P. The van der Waals surface area contributed by atoms with Crippen molar-refractivity contribution in [2.75, 3.05) is 0 Å². The van der Waals surface area contributed by atoms with Crippen molar-refractivity contribution in [1.29, 1.82) is 0 Å². The minimum atomic E-state index is -3.13. The Kier molecular flexibility index (Phi) is 4.73. The highest BCUT2D eigenvalue weighted by Crippen LogP contribution is 2.53. The van der Waals surface area contributed by atoms with Gasteiger partial charge < -0.3 is 14.0 Å². The fourth-order valence-electron chi connectivity index (χ4n) is 5.08. The molecule has 4 heteroatoms. The highest BCUT2D eigenvalue weighted by Gasteiger charge is 2.32. The minimum Gasteiger partial charge on any atom is -0.449 e. The average molecular weight is 484 g/mol. The van der Waals surface area contributed by atoms with Gasteiger partial charge in [-0.1, -0.05) is 109 Å². The Bertz CT molecular complexity index is 1770. The van der Waals surface area contributed by atoms with E-state index in [4.69, 9.17) is 9.47 Å². The molecule has 0 atom stereocenters. The maximum absolute atomic E-state index is 14.8. The molecule has 3 nitrogen and oxygen atoms in total. The van der Waals surface area contributed by atoms with Crippen LogP contribution in [0, 0.1) is 0 Å². The smallest absolute Gasteiger partial charge is 0.178 e. The number of fused-ring (bicyclic) bond motifs is 7. The van der Waals surface area contributed by atoms with Crippen LogP contribution in [0.25, 0.3) is 21.5 Å². The maximum Gasteiger partial charge on any atom is 0.178 e. The summed E-state index contributed by atoms with van der Waals surface area (Å²) < 4.78 is 27.9. The third-order valence-electron chi connectivity index (χ3n) is 6.79. The van der Waals surface area contributed by atoms with Gasteiger partial charge in [-0.2, -0.15) is 0 Å². The Morgan fingerprint density at radius 3 is 1.39 bits per heavy atom. The molecule has 0 radical (unpaired) electrons. The first-order valence-electron chi connectivity index (χ1n) is 11.9. The van der Waals surface area contributed by atoms with Gasteiger partial charge in [0.15, 0.2) is 30.1 Å². The Balaban J connectivity index is 1.43. The average Bonchev–Trinajstić information content (AvgIpc) is 2.96. The molecular weight excluding hydrogens is 463 g/mol. The van der Waals surface area contributed by atoms with Crippen LogP contribution >= 0.6 is 7.14 Å². The fourth-order valence-corrected chi connectivity index (χ4v) is 7.74. The lowest BCUT2D eigenvalue weighted by Gasteiger charge is -2.26. The summed E-state index contributed by atoms with van der Waals surface area (Å²) in [6.07, 6.45) is 0. The summed E-state index contributed by atoms with van der Waals surface area (Å²) in [6, 6.07) is 41.4. The lowest BCUT2D eigenvalue weighted by Crippen LogP contribution is -2.25. The molecule has 0 saturated carbocycles. The maximum atomic E-state index is 14.8. The SMILES string of the molecule is O=P(c1ccccc1)(c1ccccc1)c1ccc2c(c1)Oc1c(c3ccccc3c3ccccc13)O2. The van der Waals surface area contributed by atoms with Gasteiger partial charge in [0.25, 0.3) is 0 Å². The second-order valence-corrected chi connectivity index (χ2v) is 11.6. The lowest BCUT2D eigenvalue weighted by atomic mass is 9.99. The summed E-state index contributed by atoms with van der Waals surface area (Å²) in [5, 5.41) is 6.48. The van der Waals surface area contributed by atoms with Gasteiger partial charge >= 0.3 is 0 Å². The Morgan fingerprint density at radius 1 is 0.417 bits per heavy atom. The van der Waals surface area contributed by atoms with E-state index < -0.39 is 7.14 Å². The molecule has 0 spiro atoms. The molecule has 36 heavy (non-hydrogen) atoms. The molecule has 0 saturated heterocycles. The largest absolute Gasteiger partial charge is 0.449 e. The minimum absolute atomic E-state index is 0.563. The van der Waals surface area contributed by atoms with E-state index in [-0.39, 0.29) is 0 Å². The summed E-state index contributed by atoms with van der Waals surface area (Å²) in [5.74, 6) is 2.56. The van der Waals surface area contributed by atoms with E-state index in [1.807, 2.05) is 103 Å². The zero-order valence-corrected chi connectivity index (χ0v) is 20.2. The van der Waals surface area contributed by atoms with Crippen molar-refractivity contribution in [3.8, 4) is 23.0 Å². The molecule has 7 rings (SSSR count). The van der Waals surface area contributed by atoms with Gasteiger partial charge in [0.2, 0.25) is 0 Å². The van der Waals surface area contributed by atoms with E-state index in [1.165, 1.54) is 0 Å². The Hall–Kier alpha value is -4.33. The van der Waals surface area contributed by atoms with Gasteiger partial charge in [0.1, 0.15) is 0 Å². The predicted octanol–water partition coefficient (Wildman–Crippen LogP) is 7.53. The highest BCUT2D eigenvalue weighted by molar-refractivity contribution is 7.85. The first-order valence-corrected chi connectivity index (χ1v) is 13.6. The van der Waals surface area contributed by atoms with Crippen LogP contribution in [-0.4, -0.2) is 0 Å². The van der Waals surface area contributed by atoms with Crippen molar-refractivity contribution in [2.24, 2.45) is 0 Å². The molecule has 6 aromatic rings. The van der Waals surface area contributed by atoms with Gasteiger partial charge in [-0.3, -0.25) is 0 Å². The van der Waals surface area contributed by atoms with Gasteiger partial charge in [0, 0.05) is 26.7 Å². The van der Waals surface area contributed by atoms with Crippen molar-refractivity contribution >= 4 is 44.6 Å². The fraction of sp³-hybridized carbons (Fsp3) is 0. The predicted molar refractivity (Wildman–Crippen MR) is 147 cm³/mol. The third kappa shape index (κ3) is 3.10. The van der Waals surface area contributed by atoms with Crippen LogP contribution in [-0.2, 0) is 4.57 Å². The van der Waals surface area contributed by atoms with Crippen LogP contribution in [0.3, 0.4) is 0 Å².